The second kappa shape index (κ2) is 36.9. The number of aryl methyl sites for hydroxylation is 2. The van der Waals surface area contributed by atoms with Gasteiger partial charge in [-0.1, -0.05) is 50.6 Å². The summed E-state index contributed by atoms with van der Waals surface area (Å²) in [7, 11) is 0. The van der Waals surface area contributed by atoms with E-state index in [1.54, 1.807) is 75.6 Å². The molecule has 3 aromatic carbocycles. The molecule has 30 nitrogen and oxygen atoms in total. The van der Waals surface area contributed by atoms with Crippen molar-refractivity contribution in [3.63, 3.8) is 0 Å². The predicted molar refractivity (Wildman–Crippen MR) is 447 cm³/mol. The Morgan fingerprint density at radius 3 is 1.12 bits per heavy atom. The van der Waals surface area contributed by atoms with Gasteiger partial charge in [0.1, 0.15) is 34.2 Å². The van der Waals surface area contributed by atoms with E-state index in [0.717, 1.165) is 140 Å². The van der Waals surface area contributed by atoms with Crippen molar-refractivity contribution in [3.8, 4) is 50.7 Å². The smallest absolute Gasteiger partial charge is 0.252 e. The Hall–Kier alpha value is -13.3. The van der Waals surface area contributed by atoms with Crippen molar-refractivity contribution in [1.29, 1.82) is 0 Å². The van der Waals surface area contributed by atoms with Gasteiger partial charge in [0.2, 0.25) is 23.6 Å². The Morgan fingerprint density at radius 1 is 0.393 bits per heavy atom. The number of nitrogens with zero attached hydrogens (tertiary/aromatic N) is 17. The standard InChI is InChI=1S/C23H26N6O2.C22H28N6O2.C22H27N5O2.C20H20N4O3/c1-4-21(30)27-11-5-6-19(13-27)28-14-20(23(24)31)22(26-28)17-7-9-18(10-8-17)29-16(3)12-15(2)25-29;1-2-20(29)27-12-6-7-17(14-27)28-15-18(22(23)30)21(25-28)16-8-9-19(24-13-16)26-10-4-3-5-11-26;1-2-20(28)26-13-5-6-18(14-26)27-15-19(22(23)29)21(24-27)16-7-9-17(10-8-16)25-11-3-4-12-25;1-2-18(25)23-8-3-4-15(11-23)24-12-16(20(21)26)19(22-24)14-5-6-17-13(10-14)7-9-27-17/h4,7-10,12,14,19H,1,5-6,11,13H2,2-3H3,(H2,24,31);2,8-9,13,15,17H,1,3-7,10-12,14H2,(H2,23,30);2,7-10,15,18H,1,3-6,11-14H2,(H2,23,29);2,5-7,9-10,12,15H,1,3-4,8,11H2,(H2,21,26)/t19-;17-;18-;15-/m1111/s1. The molecule has 6 aliphatic heterocycles. The monoisotopic (exact) mass is 1580 g/mol. The van der Waals surface area contributed by atoms with Gasteiger partial charge in [0.15, 0.2) is 0 Å². The highest BCUT2D eigenvalue weighted by molar-refractivity contribution is 6.01. The number of carbonyl (C=O) groups is 8. The fourth-order valence-electron chi connectivity index (χ4n) is 16.3. The van der Waals surface area contributed by atoms with Crippen LogP contribution in [0.25, 0.3) is 61.7 Å². The van der Waals surface area contributed by atoms with Crippen LogP contribution in [-0.4, -0.2) is 199 Å². The van der Waals surface area contributed by atoms with Crippen LogP contribution in [0, 0.1) is 13.8 Å². The molecule has 0 aliphatic carbocycles. The Kier molecular flexibility index (Phi) is 25.8. The zero-order valence-corrected chi connectivity index (χ0v) is 66.3. The van der Waals surface area contributed by atoms with Crippen LogP contribution in [0.4, 0.5) is 11.5 Å². The normalized spacial score (nSPS) is 18.1. The number of rotatable bonds is 19. The largest absolute Gasteiger partial charge is 0.464 e. The molecule has 4 atom stereocenters. The second-order valence-corrected chi connectivity index (χ2v) is 30.3. The van der Waals surface area contributed by atoms with Gasteiger partial charge in [0, 0.05) is 149 Å². The minimum atomic E-state index is -0.529. The van der Waals surface area contributed by atoms with E-state index in [0.29, 0.717) is 90.8 Å². The molecule has 608 valence electrons. The Bertz CT molecular complexity index is 5320. The number of benzene rings is 3. The summed E-state index contributed by atoms with van der Waals surface area (Å²) in [5.74, 6) is -1.47. The van der Waals surface area contributed by atoms with Crippen molar-refractivity contribution in [1.82, 2.24) is 73.5 Å². The average molecular weight is 1580 g/mol. The number of hydrogen-bond acceptors (Lipinski definition) is 17. The molecule has 16 rings (SSSR count). The molecule has 0 saturated carbocycles. The fourth-order valence-corrected chi connectivity index (χ4v) is 16.3. The summed E-state index contributed by atoms with van der Waals surface area (Å²) in [6.45, 7) is 27.4. The maximum Gasteiger partial charge on any atom is 0.252 e. The van der Waals surface area contributed by atoms with Crippen LogP contribution in [-0.2, 0) is 19.2 Å². The molecule has 8 N–H and O–H groups in total. The zero-order chi connectivity index (χ0) is 82.6. The Morgan fingerprint density at radius 2 is 0.752 bits per heavy atom. The summed E-state index contributed by atoms with van der Waals surface area (Å²) in [5, 5.41) is 24.2. The van der Waals surface area contributed by atoms with Crippen LogP contribution in [0.1, 0.15) is 160 Å². The van der Waals surface area contributed by atoms with E-state index in [4.69, 9.17) is 37.5 Å². The molecule has 6 aliphatic rings. The van der Waals surface area contributed by atoms with E-state index < -0.39 is 23.6 Å². The Labute approximate surface area is 678 Å². The summed E-state index contributed by atoms with van der Waals surface area (Å²) in [5.41, 5.74) is 34.4. The van der Waals surface area contributed by atoms with Crippen LogP contribution < -0.4 is 32.7 Å². The first kappa shape index (κ1) is 81.7. The maximum absolute atomic E-state index is 12.1. The summed E-state index contributed by atoms with van der Waals surface area (Å²) in [6, 6.07) is 29.3. The topological polar surface area (TPSA) is 375 Å². The molecule has 6 saturated heterocycles. The van der Waals surface area contributed by atoms with Gasteiger partial charge in [0.05, 0.1) is 64.1 Å². The predicted octanol–water partition coefficient (Wildman–Crippen LogP) is 10.5. The average Bonchev–Trinajstić information content (AvgIpc) is 1.66. The SMILES string of the molecule is C=CC(=O)N1CCC[C@@H](n2cc(C(N)=O)c(-c3ccc(-n4nc(C)cc4C)cc3)n2)C1.C=CC(=O)N1CCC[C@@H](n2cc(C(N)=O)c(-c3ccc(N4CCCC4)cc3)n2)C1.C=CC(=O)N1CCC[C@@H](n2cc(C(N)=O)c(-c3ccc(N4CCCCC4)nc3)n2)C1.C=CC(=O)N1CCC[C@@H](n2cc(C(N)=O)c(-c3ccc4occc4c3)n2)C1. The third kappa shape index (κ3) is 18.9. The van der Waals surface area contributed by atoms with E-state index in [2.05, 4.69) is 68.5 Å². The van der Waals surface area contributed by atoms with Gasteiger partial charge in [-0.25, -0.2) is 9.67 Å². The molecule has 0 radical (unpaired) electrons. The molecule has 6 fully saturated rings. The number of piperidine rings is 5. The highest BCUT2D eigenvalue weighted by atomic mass is 16.3. The van der Waals surface area contributed by atoms with Crippen molar-refractivity contribution in [2.24, 2.45) is 22.9 Å². The minimum Gasteiger partial charge on any atom is -0.464 e. The van der Waals surface area contributed by atoms with Gasteiger partial charge in [-0.15, -0.1) is 0 Å². The first-order chi connectivity index (χ1) is 56.6. The van der Waals surface area contributed by atoms with Gasteiger partial charge in [0.25, 0.3) is 23.6 Å². The number of nitrogens with two attached hydrogens (primary N) is 4. The first-order valence-electron chi connectivity index (χ1n) is 40.0. The highest BCUT2D eigenvalue weighted by Crippen LogP contribution is 2.35. The number of likely N-dealkylation sites (tertiary alicyclic amines) is 4. The quantitative estimate of drug-likeness (QED) is 0.0546. The van der Waals surface area contributed by atoms with Crippen LogP contribution in [0.2, 0.25) is 0 Å². The molecule has 8 amide bonds. The van der Waals surface area contributed by atoms with Gasteiger partial charge < -0.3 is 56.8 Å². The second-order valence-electron chi connectivity index (χ2n) is 30.3. The van der Waals surface area contributed by atoms with Crippen molar-refractivity contribution >= 4 is 69.7 Å². The van der Waals surface area contributed by atoms with E-state index in [-0.39, 0.29) is 47.8 Å². The number of aromatic nitrogens is 11. The van der Waals surface area contributed by atoms with E-state index in [1.165, 1.54) is 62.1 Å². The molecule has 10 aromatic rings. The number of primary amides is 4. The maximum atomic E-state index is 12.1. The van der Waals surface area contributed by atoms with Crippen molar-refractivity contribution in [3.05, 3.63) is 213 Å². The molecule has 7 aromatic heterocycles. The summed E-state index contributed by atoms with van der Waals surface area (Å²) >= 11 is 0. The number of pyridine rings is 1. The van der Waals surface area contributed by atoms with Crippen LogP contribution in [0.3, 0.4) is 0 Å². The van der Waals surface area contributed by atoms with Crippen molar-refractivity contribution in [2.45, 2.75) is 121 Å². The molecule has 30 heteroatoms. The first-order valence-corrected chi connectivity index (χ1v) is 40.0. The van der Waals surface area contributed by atoms with E-state index in [9.17, 15) is 38.4 Å². The van der Waals surface area contributed by atoms with Gasteiger partial charge >= 0.3 is 0 Å². The molecular weight excluding hydrogens is 1480 g/mol. The number of amides is 8. The lowest BCUT2D eigenvalue weighted by Gasteiger charge is -2.32. The summed E-state index contributed by atoms with van der Waals surface area (Å²) in [4.78, 5) is 113. The lowest BCUT2D eigenvalue weighted by atomic mass is 10.1. The fraction of sp³-hybridized carbons (Fsp3) is 0.356. The van der Waals surface area contributed by atoms with Gasteiger partial charge in [-0.2, -0.15) is 25.5 Å². The number of fused-ring (bicyclic) bond motifs is 1. The van der Waals surface area contributed by atoms with Crippen LogP contribution in [0.5, 0.6) is 0 Å². The lowest BCUT2D eigenvalue weighted by Crippen LogP contribution is -2.40. The molecule has 13 heterocycles. The van der Waals surface area contributed by atoms with E-state index in [1.807, 2.05) is 97.4 Å². The molecule has 0 spiro atoms. The van der Waals surface area contributed by atoms with Gasteiger partial charge in [-0.05, 0) is 188 Å². The number of carbonyl (C=O) groups excluding carboxylic acids is 8. The van der Waals surface area contributed by atoms with Crippen molar-refractivity contribution in [2.75, 3.05) is 88.3 Å². The lowest BCUT2D eigenvalue weighted by molar-refractivity contribution is -0.128. The molecule has 0 unspecified atom stereocenters. The number of furan rings is 1. The van der Waals surface area contributed by atoms with Crippen molar-refractivity contribution < 1.29 is 42.8 Å². The zero-order valence-electron chi connectivity index (χ0n) is 66.3. The van der Waals surface area contributed by atoms with Crippen LogP contribution in [0.15, 0.2) is 183 Å². The molecular formula is C87H101N21O9. The number of anilines is 2. The van der Waals surface area contributed by atoms with Crippen LogP contribution >= 0.6 is 0 Å². The molecule has 117 heavy (non-hydrogen) atoms. The minimum absolute atomic E-state index is 0.00455. The summed E-state index contributed by atoms with van der Waals surface area (Å²) < 4.78 is 14.3. The third-order valence-corrected chi connectivity index (χ3v) is 22.5. The van der Waals surface area contributed by atoms with E-state index >= 15 is 0 Å². The highest BCUT2D eigenvalue weighted by Gasteiger charge is 2.32. The third-order valence-electron chi connectivity index (χ3n) is 22.5. The van der Waals surface area contributed by atoms with Gasteiger partial charge in [-0.3, -0.25) is 57.1 Å². The Balaban J connectivity index is 0.000000136. The number of hydrogen-bond donors (Lipinski definition) is 4. The summed E-state index contributed by atoms with van der Waals surface area (Å²) in [6.07, 6.45) is 28.6. The molecule has 0 bridgehead atoms.